The summed E-state index contributed by atoms with van der Waals surface area (Å²) >= 11 is 11.2. The number of nitrogen functional groups attached to an aromatic ring is 1. The van der Waals surface area contributed by atoms with Gasteiger partial charge in [0, 0.05) is 0 Å². The van der Waals surface area contributed by atoms with Crippen molar-refractivity contribution in [1.82, 2.24) is 4.98 Å². The molecule has 1 heterocycles. The van der Waals surface area contributed by atoms with Crippen LogP contribution >= 0.6 is 23.2 Å². The molecule has 0 bridgehead atoms. The first-order valence-corrected chi connectivity index (χ1v) is 4.88. The van der Waals surface area contributed by atoms with Crippen LogP contribution in [0, 0.1) is 0 Å². The third-order valence-electron chi connectivity index (χ3n) is 1.85. The maximum absolute atomic E-state index is 13.3. The Labute approximate surface area is 105 Å². The van der Waals surface area contributed by atoms with E-state index in [9.17, 15) is 13.6 Å². The number of rotatable bonds is 2. The Bertz CT molecular complexity index is 506. The second-order valence-electron chi connectivity index (χ2n) is 2.80. The molecule has 0 spiro atoms. The van der Waals surface area contributed by atoms with E-state index in [4.69, 9.17) is 28.9 Å². The topological polar surface area (TPSA) is 65.2 Å². The van der Waals surface area contributed by atoms with Crippen molar-refractivity contribution in [1.29, 1.82) is 0 Å². The molecule has 0 atom stereocenters. The summed E-state index contributed by atoms with van der Waals surface area (Å²) in [6, 6.07) is 0. The second kappa shape index (κ2) is 5.29. The fraction of sp³-hybridized carbons (Fsp3) is 0.111. The van der Waals surface area contributed by atoms with Crippen molar-refractivity contribution < 1.29 is 18.3 Å². The lowest BCUT2D eigenvalue weighted by Crippen LogP contribution is -2.11. The molecule has 0 amide bonds. The highest BCUT2D eigenvalue weighted by Gasteiger charge is 2.24. The van der Waals surface area contributed by atoms with Crippen LogP contribution in [0.4, 0.5) is 14.5 Å². The highest BCUT2D eigenvalue weighted by Crippen LogP contribution is 2.35. The zero-order valence-electron chi connectivity index (χ0n) is 8.43. The Morgan fingerprint density at radius 1 is 1.53 bits per heavy atom. The Hall–Kier alpha value is -1.40. The molecule has 92 valence electrons. The molecule has 0 aromatic carbocycles. The molecular weight excluding hydrogens is 277 g/mol. The zero-order valence-corrected chi connectivity index (χ0v) is 9.94. The lowest BCUT2D eigenvalue weighted by molar-refractivity contribution is 0.0593. The van der Waals surface area contributed by atoms with E-state index in [-0.39, 0.29) is 16.5 Å². The number of nitrogens with zero attached hydrogens (tertiary/aromatic N) is 1. The smallest absolute Gasteiger partial charge is 0.357 e. The fourth-order valence-corrected chi connectivity index (χ4v) is 1.42. The number of anilines is 1. The second-order valence-corrected chi connectivity index (χ2v) is 3.54. The molecule has 17 heavy (non-hydrogen) atoms. The lowest BCUT2D eigenvalue weighted by Gasteiger charge is -2.10. The summed E-state index contributed by atoms with van der Waals surface area (Å²) in [4.78, 5) is 14.8. The predicted octanol–water partition coefficient (Wildman–Crippen LogP) is 2.99. The molecule has 4 nitrogen and oxygen atoms in total. The van der Waals surface area contributed by atoms with Gasteiger partial charge >= 0.3 is 5.97 Å². The number of hydrogen-bond acceptors (Lipinski definition) is 4. The Morgan fingerprint density at radius 2 is 2.12 bits per heavy atom. The number of methoxy groups -OCH3 is 1. The van der Waals surface area contributed by atoms with Crippen LogP contribution < -0.4 is 5.73 Å². The van der Waals surface area contributed by atoms with Crippen molar-refractivity contribution in [2.75, 3.05) is 12.8 Å². The fourth-order valence-electron chi connectivity index (χ4n) is 1.09. The summed E-state index contributed by atoms with van der Waals surface area (Å²) in [5, 5.41) is -0.578. The van der Waals surface area contributed by atoms with Gasteiger partial charge in [0.15, 0.2) is 16.7 Å². The van der Waals surface area contributed by atoms with Gasteiger partial charge in [-0.05, 0) is 0 Å². The monoisotopic (exact) mass is 282 g/mol. The SMILES string of the molecule is COC(=O)c1nc(Cl)c(Cl)c(N)c1C(F)=CF. The predicted molar refractivity (Wildman–Crippen MR) is 60.2 cm³/mol. The number of hydrogen-bond donors (Lipinski definition) is 1. The van der Waals surface area contributed by atoms with Crippen molar-refractivity contribution >= 4 is 40.7 Å². The van der Waals surface area contributed by atoms with Gasteiger partial charge in [-0.25, -0.2) is 18.6 Å². The minimum Gasteiger partial charge on any atom is -0.464 e. The Balaban J connectivity index is 3.64. The molecule has 0 unspecified atom stereocenters. The van der Waals surface area contributed by atoms with Crippen molar-refractivity contribution in [3.05, 3.63) is 27.8 Å². The Kier molecular flexibility index (Phi) is 4.25. The zero-order chi connectivity index (χ0) is 13.2. The van der Waals surface area contributed by atoms with Gasteiger partial charge in [-0.15, -0.1) is 0 Å². The minimum absolute atomic E-state index is 0.272. The molecule has 0 aliphatic carbocycles. The Morgan fingerprint density at radius 3 is 2.59 bits per heavy atom. The van der Waals surface area contributed by atoms with Crippen molar-refractivity contribution in [2.24, 2.45) is 0 Å². The van der Waals surface area contributed by atoms with E-state index < -0.39 is 28.7 Å². The van der Waals surface area contributed by atoms with E-state index >= 15 is 0 Å². The van der Waals surface area contributed by atoms with Gasteiger partial charge in [0.25, 0.3) is 0 Å². The average Bonchev–Trinajstić information content (AvgIpc) is 2.33. The maximum atomic E-state index is 13.3. The van der Waals surface area contributed by atoms with Crippen LogP contribution in [0.2, 0.25) is 10.2 Å². The lowest BCUT2D eigenvalue weighted by atomic mass is 10.1. The average molecular weight is 283 g/mol. The molecule has 0 radical (unpaired) electrons. The van der Waals surface area contributed by atoms with E-state index in [2.05, 4.69) is 9.72 Å². The van der Waals surface area contributed by atoms with Gasteiger partial charge in [-0.1, -0.05) is 23.2 Å². The summed E-state index contributed by atoms with van der Waals surface area (Å²) < 4.78 is 29.8. The minimum atomic E-state index is -1.39. The molecule has 2 N–H and O–H groups in total. The molecule has 0 aliphatic rings. The number of carbonyl (C=O) groups is 1. The van der Waals surface area contributed by atoms with Crippen LogP contribution in [0.5, 0.6) is 0 Å². The number of halogens is 4. The van der Waals surface area contributed by atoms with Crippen LogP contribution in [0.25, 0.3) is 5.83 Å². The van der Waals surface area contributed by atoms with Gasteiger partial charge in [0.2, 0.25) is 0 Å². The van der Waals surface area contributed by atoms with Gasteiger partial charge in [0.1, 0.15) is 11.4 Å². The number of esters is 1. The number of ether oxygens (including phenoxy) is 1. The highest BCUT2D eigenvalue weighted by atomic mass is 35.5. The molecule has 0 saturated heterocycles. The van der Waals surface area contributed by atoms with Gasteiger partial charge in [-0.2, -0.15) is 0 Å². The quantitative estimate of drug-likeness (QED) is 0.669. The number of aromatic nitrogens is 1. The van der Waals surface area contributed by atoms with Gasteiger partial charge in [0.05, 0.1) is 18.4 Å². The highest BCUT2D eigenvalue weighted by molar-refractivity contribution is 6.43. The van der Waals surface area contributed by atoms with Crippen LogP contribution in [0.1, 0.15) is 16.1 Å². The molecule has 1 rings (SSSR count). The van der Waals surface area contributed by atoms with Crippen molar-refractivity contribution in [2.45, 2.75) is 0 Å². The van der Waals surface area contributed by atoms with Crippen molar-refractivity contribution in [3.63, 3.8) is 0 Å². The van der Waals surface area contributed by atoms with Gasteiger partial charge < -0.3 is 10.5 Å². The largest absolute Gasteiger partial charge is 0.464 e. The molecule has 1 aromatic heterocycles. The molecule has 0 fully saturated rings. The first-order chi connectivity index (χ1) is 7.93. The molecule has 8 heteroatoms. The molecule has 0 saturated carbocycles. The van der Waals surface area contributed by atoms with E-state index in [1.165, 1.54) is 0 Å². The first-order valence-electron chi connectivity index (χ1n) is 4.13. The molecule has 1 aromatic rings. The molecular formula is C9H6Cl2F2N2O2. The third-order valence-corrected chi connectivity index (χ3v) is 2.60. The summed E-state index contributed by atoms with van der Waals surface area (Å²) in [5.74, 6) is -2.41. The number of pyridine rings is 1. The summed E-state index contributed by atoms with van der Waals surface area (Å²) in [5.41, 5.74) is 3.91. The number of carbonyl (C=O) groups excluding carboxylic acids is 1. The van der Waals surface area contributed by atoms with Crippen LogP contribution in [-0.2, 0) is 4.74 Å². The molecule has 0 aliphatic heterocycles. The van der Waals surface area contributed by atoms with Crippen LogP contribution in [0.3, 0.4) is 0 Å². The third kappa shape index (κ3) is 2.48. The summed E-state index contributed by atoms with van der Waals surface area (Å²) in [6.45, 7) is 0. The van der Waals surface area contributed by atoms with E-state index in [1.54, 1.807) is 0 Å². The number of nitrogens with two attached hydrogens (primary N) is 1. The van der Waals surface area contributed by atoms with Crippen LogP contribution in [0.15, 0.2) is 6.33 Å². The van der Waals surface area contributed by atoms with Crippen LogP contribution in [-0.4, -0.2) is 18.1 Å². The van der Waals surface area contributed by atoms with E-state index in [1.807, 2.05) is 0 Å². The summed E-state index contributed by atoms with van der Waals surface area (Å²) in [6.07, 6.45) is -0.371. The first kappa shape index (κ1) is 13.7. The maximum Gasteiger partial charge on any atom is 0.357 e. The van der Waals surface area contributed by atoms with E-state index in [0.717, 1.165) is 7.11 Å². The van der Waals surface area contributed by atoms with E-state index in [0.29, 0.717) is 0 Å². The van der Waals surface area contributed by atoms with Gasteiger partial charge in [-0.3, -0.25) is 0 Å². The summed E-state index contributed by atoms with van der Waals surface area (Å²) in [7, 11) is 1.05. The van der Waals surface area contributed by atoms with Crippen molar-refractivity contribution in [3.8, 4) is 0 Å². The normalized spacial score (nSPS) is 11.5. The standard InChI is InChI=1S/C9H6Cl2F2N2O2/c1-17-9(16)7-4(3(13)2-12)6(14)5(10)8(11)15-7/h2H,1H3,(H2,14,15).